The highest BCUT2D eigenvalue weighted by molar-refractivity contribution is 5.89. The number of hydrogen-bond acceptors (Lipinski definition) is 4. The zero-order chi connectivity index (χ0) is 17.5. The molecule has 2 aromatic rings. The Morgan fingerprint density at radius 2 is 2.12 bits per heavy atom. The van der Waals surface area contributed by atoms with E-state index in [0.717, 1.165) is 11.8 Å². The molecule has 128 valence electrons. The summed E-state index contributed by atoms with van der Waals surface area (Å²) in [6.45, 7) is 2.85. The summed E-state index contributed by atoms with van der Waals surface area (Å²) in [4.78, 5) is 12.0. The van der Waals surface area contributed by atoms with Crippen LogP contribution in [0.15, 0.2) is 43.1 Å². The van der Waals surface area contributed by atoms with Gasteiger partial charge in [-0.05, 0) is 18.6 Å². The summed E-state index contributed by atoms with van der Waals surface area (Å²) >= 11 is 0. The molecule has 0 bridgehead atoms. The van der Waals surface area contributed by atoms with E-state index in [1.807, 2.05) is 0 Å². The van der Waals surface area contributed by atoms with Crippen LogP contribution in [0, 0.1) is 0 Å². The molecule has 0 aliphatic rings. The Morgan fingerprint density at radius 3 is 2.79 bits per heavy atom. The molecule has 0 aliphatic carbocycles. The Kier molecular flexibility index (Phi) is 6.06. The molecule has 0 saturated carbocycles. The van der Waals surface area contributed by atoms with E-state index in [0.29, 0.717) is 22.6 Å². The maximum atomic E-state index is 12.9. The third-order valence-corrected chi connectivity index (χ3v) is 3.19. The van der Waals surface area contributed by atoms with Gasteiger partial charge < -0.3 is 9.47 Å². The van der Waals surface area contributed by atoms with Crippen molar-refractivity contribution in [3.8, 4) is 5.75 Å². The van der Waals surface area contributed by atoms with Crippen molar-refractivity contribution in [3.05, 3.63) is 59.9 Å². The fraction of sp³-hybridized carbons (Fsp3) is 0.294. The lowest BCUT2D eigenvalue weighted by atomic mass is 10.0. The molecule has 0 fully saturated rings. The van der Waals surface area contributed by atoms with Crippen LogP contribution in [0.3, 0.4) is 0 Å². The van der Waals surface area contributed by atoms with Gasteiger partial charge in [0.15, 0.2) is 5.69 Å². The van der Waals surface area contributed by atoms with Gasteiger partial charge in [0.25, 0.3) is 0 Å². The first kappa shape index (κ1) is 17.7. The lowest BCUT2D eigenvalue weighted by molar-refractivity contribution is 0.0480. The molecule has 1 heterocycles. The molecule has 1 aromatic heterocycles. The van der Waals surface area contributed by atoms with Gasteiger partial charge in [0.1, 0.15) is 12.4 Å². The summed E-state index contributed by atoms with van der Waals surface area (Å²) in [6.07, 6.45) is 2.98. The molecule has 0 saturated heterocycles. The first-order chi connectivity index (χ1) is 11.6. The highest BCUT2D eigenvalue weighted by Gasteiger charge is 2.21. The summed E-state index contributed by atoms with van der Waals surface area (Å²) in [6, 6.07) is 7.17. The lowest BCUT2D eigenvalue weighted by Crippen LogP contribution is -2.09. The zero-order valence-corrected chi connectivity index (χ0v) is 13.2. The SMILES string of the molecule is C=CCOc1ccccc1Cc1cn(C(F)F)nc1C(=O)OCC. The second-order valence-electron chi connectivity index (χ2n) is 4.87. The van der Waals surface area contributed by atoms with Crippen LogP contribution in [0.25, 0.3) is 0 Å². The van der Waals surface area contributed by atoms with Crippen molar-refractivity contribution in [2.75, 3.05) is 13.2 Å². The van der Waals surface area contributed by atoms with Crippen LogP contribution >= 0.6 is 0 Å². The minimum atomic E-state index is -2.83. The minimum absolute atomic E-state index is 0.115. The van der Waals surface area contributed by atoms with Gasteiger partial charge >= 0.3 is 12.5 Å². The van der Waals surface area contributed by atoms with E-state index in [1.54, 1.807) is 37.3 Å². The predicted molar refractivity (Wildman–Crippen MR) is 84.4 cm³/mol. The first-order valence-electron chi connectivity index (χ1n) is 7.41. The summed E-state index contributed by atoms with van der Waals surface area (Å²) in [5.74, 6) is -0.131. The average molecular weight is 336 g/mol. The van der Waals surface area contributed by atoms with E-state index < -0.39 is 12.5 Å². The molecular weight excluding hydrogens is 318 g/mol. The molecule has 7 heteroatoms. The summed E-state index contributed by atoms with van der Waals surface area (Å²) in [7, 11) is 0. The van der Waals surface area contributed by atoms with Crippen molar-refractivity contribution in [1.82, 2.24) is 9.78 Å². The van der Waals surface area contributed by atoms with Crippen molar-refractivity contribution in [2.24, 2.45) is 0 Å². The van der Waals surface area contributed by atoms with E-state index in [2.05, 4.69) is 11.7 Å². The standard InChI is InChI=1S/C17H18F2N2O3/c1-3-9-24-14-8-6-5-7-12(14)10-13-11-21(17(18)19)20-15(13)16(22)23-4-2/h3,5-8,11,17H,1,4,9-10H2,2H3. The molecular formula is C17H18F2N2O3. The molecule has 5 nitrogen and oxygen atoms in total. The van der Waals surface area contributed by atoms with Crippen molar-refractivity contribution < 1.29 is 23.0 Å². The minimum Gasteiger partial charge on any atom is -0.489 e. The molecule has 0 spiro atoms. The quantitative estimate of drug-likeness (QED) is 0.546. The number of benzene rings is 1. The molecule has 2 rings (SSSR count). The van der Waals surface area contributed by atoms with Gasteiger partial charge in [0, 0.05) is 18.2 Å². The topological polar surface area (TPSA) is 53.4 Å². The molecule has 1 aromatic carbocycles. The highest BCUT2D eigenvalue weighted by Crippen LogP contribution is 2.24. The number of halogens is 2. The number of ether oxygens (including phenoxy) is 2. The Labute approximate surface area is 138 Å². The van der Waals surface area contributed by atoms with Gasteiger partial charge in [-0.1, -0.05) is 30.9 Å². The molecule has 0 unspecified atom stereocenters. The normalized spacial score (nSPS) is 10.7. The first-order valence-corrected chi connectivity index (χ1v) is 7.41. The predicted octanol–water partition coefficient (Wildman–Crippen LogP) is 3.61. The fourth-order valence-corrected chi connectivity index (χ4v) is 2.17. The number of rotatable bonds is 8. The largest absolute Gasteiger partial charge is 0.489 e. The van der Waals surface area contributed by atoms with Gasteiger partial charge in [0.05, 0.1) is 6.61 Å². The van der Waals surface area contributed by atoms with Crippen molar-refractivity contribution in [2.45, 2.75) is 19.9 Å². The fourth-order valence-electron chi connectivity index (χ4n) is 2.17. The van der Waals surface area contributed by atoms with Crippen LogP contribution in [0.4, 0.5) is 8.78 Å². The van der Waals surface area contributed by atoms with Crippen molar-refractivity contribution in [1.29, 1.82) is 0 Å². The smallest absolute Gasteiger partial charge is 0.359 e. The van der Waals surface area contributed by atoms with Crippen LogP contribution in [0.1, 0.15) is 35.1 Å². The number of hydrogen-bond donors (Lipinski definition) is 0. The van der Waals surface area contributed by atoms with Gasteiger partial charge in [-0.2, -0.15) is 13.9 Å². The summed E-state index contributed by atoms with van der Waals surface area (Å²) in [5, 5.41) is 3.65. The molecule has 0 radical (unpaired) electrons. The summed E-state index contributed by atoms with van der Waals surface area (Å²) in [5.41, 5.74) is 0.984. The van der Waals surface area contributed by atoms with Crippen LogP contribution in [-0.4, -0.2) is 29.0 Å². The molecule has 24 heavy (non-hydrogen) atoms. The van der Waals surface area contributed by atoms with Crippen molar-refractivity contribution >= 4 is 5.97 Å². The third kappa shape index (κ3) is 4.18. The number of esters is 1. The average Bonchev–Trinajstić information content (AvgIpc) is 2.98. The Bertz CT molecular complexity index is 714. The molecule has 0 aliphatic heterocycles. The van der Waals surface area contributed by atoms with Gasteiger partial charge in [-0.3, -0.25) is 0 Å². The Morgan fingerprint density at radius 1 is 1.38 bits per heavy atom. The number of para-hydroxylation sites is 1. The maximum absolute atomic E-state index is 12.9. The Hall–Kier alpha value is -2.70. The number of nitrogens with zero attached hydrogens (tertiary/aromatic N) is 2. The second kappa shape index (κ2) is 8.24. The zero-order valence-electron chi connectivity index (χ0n) is 13.2. The van der Waals surface area contributed by atoms with E-state index >= 15 is 0 Å². The van der Waals surface area contributed by atoms with Gasteiger partial charge in [0.2, 0.25) is 0 Å². The van der Waals surface area contributed by atoms with Gasteiger partial charge in [-0.15, -0.1) is 0 Å². The number of aromatic nitrogens is 2. The van der Waals surface area contributed by atoms with Crippen molar-refractivity contribution in [3.63, 3.8) is 0 Å². The number of carbonyl (C=O) groups excluding carboxylic acids is 1. The van der Waals surface area contributed by atoms with E-state index in [-0.39, 0.29) is 18.7 Å². The van der Waals surface area contributed by atoms with E-state index in [4.69, 9.17) is 9.47 Å². The second-order valence-corrected chi connectivity index (χ2v) is 4.87. The molecule has 0 atom stereocenters. The Balaban J connectivity index is 2.35. The highest BCUT2D eigenvalue weighted by atomic mass is 19.3. The third-order valence-electron chi connectivity index (χ3n) is 3.19. The van der Waals surface area contributed by atoms with E-state index in [1.165, 1.54) is 0 Å². The van der Waals surface area contributed by atoms with Gasteiger partial charge in [-0.25, -0.2) is 9.48 Å². The van der Waals surface area contributed by atoms with Crippen LogP contribution in [0.2, 0.25) is 0 Å². The summed E-state index contributed by atoms with van der Waals surface area (Å²) < 4.78 is 36.7. The number of alkyl halides is 2. The van der Waals surface area contributed by atoms with Crippen LogP contribution in [0.5, 0.6) is 5.75 Å². The molecule has 0 amide bonds. The van der Waals surface area contributed by atoms with Crippen LogP contribution in [-0.2, 0) is 11.2 Å². The number of carbonyl (C=O) groups is 1. The van der Waals surface area contributed by atoms with E-state index in [9.17, 15) is 13.6 Å². The maximum Gasteiger partial charge on any atom is 0.359 e. The lowest BCUT2D eigenvalue weighted by Gasteiger charge is -2.09. The van der Waals surface area contributed by atoms with Crippen LogP contribution < -0.4 is 4.74 Å². The molecule has 0 N–H and O–H groups in total. The monoisotopic (exact) mass is 336 g/mol.